The van der Waals surface area contributed by atoms with Crippen molar-refractivity contribution < 1.29 is 0 Å². The number of aromatic nitrogens is 3. The Morgan fingerprint density at radius 3 is 1.83 bits per heavy atom. The van der Waals surface area contributed by atoms with Crippen LogP contribution in [0.5, 0.6) is 0 Å². The molecule has 0 radical (unpaired) electrons. The molecule has 0 aliphatic carbocycles. The van der Waals surface area contributed by atoms with E-state index in [-0.39, 0.29) is 0 Å². The zero-order valence-electron chi connectivity index (χ0n) is 15.4. The molecule has 1 N–H and O–H groups in total. The quantitative estimate of drug-likeness (QED) is 0.513. The number of hydrogen-bond acceptors (Lipinski definition) is 2. The number of H-pyrrole nitrogens is 1. The van der Waals surface area contributed by atoms with Gasteiger partial charge in [0, 0.05) is 17.3 Å². The molecule has 0 aliphatic rings. The van der Waals surface area contributed by atoms with Gasteiger partial charge in [-0.15, -0.1) is 0 Å². The summed E-state index contributed by atoms with van der Waals surface area (Å²) in [6, 6.07) is 28.5. The average Bonchev–Trinajstić information content (AvgIpc) is 3.15. The van der Waals surface area contributed by atoms with Gasteiger partial charge in [-0.05, 0) is 23.3 Å². The first-order valence-corrected chi connectivity index (χ1v) is 9.31. The minimum Gasteiger partial charge on any atom is -0.292 e. The molecule has 140 valence electrons. The topological polar surface area (TPSA) is 59.3 Å². The maximum atomic E-state index is 13.3. The predicted molar refractivity (Wildman–Crippen MR) is 114 cm³/mol. The number of para-hydroxylation sites is 1. The molecule has 0 bridgehead atoms. The summed E-state index contributed by atoms with van der Waals surface area (Å²) in [4.78, 5) is 29.1. The molecule has 5 aromatic rings. The van der Waals surface area contributed by atoms with Crippen LogP contribution in [0.1, 0.15) is 0 Å². The molecule has 0 fully saturated rings. The standard InChI is InChI=1S/C24H17N3O2/c28-23-25-22-21(18-12-6-2-7-13-18)20(17-10-4-1-5-11-17)16-26(22)24(29)27(23)19-14-8-3-9-15-19/h1-16H,(H,25,28). The van der Waals surface area contributed by atoms with Gasteiger partial charge in [-0.1, -0.05) is 78.9 Å². The summed E-state index contributed by atoms with van der Waals surface area (Å²) in [5.41, 5.74) is 3.75. The molecule has 0 spiro atoms. The molecular weight excluding hydrogens is 362 g/mol. The molecule has 0 saturated carbocycles. The minimum atomic E-state index is -0.469. The molecule has 5 nitrogen and oxygen atoms in total. The van der Waals surface area contributed by atoms with Crippen LogP contribution in [-0.2, 0) is 0 Å². The van der Waals surface area contributed by atoms with Crippen LogP contribution >= 0.6 is 0 Å². The van der Waals surface area contributed by atoms with Gasteiger partial charge in [0.15, 0.2) is 0 Å². The van der Waals surface area contributed by atoms with Gasteiger partial charge >= 0.3 is 11.4 Å². The molecule has 2 aromatic heterocycles. The van der Waals surface area contributed by atoms with Crippen molar-refractivity contribution in [1.82, 2.24) is 14.0 Å². The van der Waals surface area contributed by atoms with Gasteiger partial charge in [-0.25, -0.2) is 14.2 Å². The van der Waals surface area contributed by atoms with Crippen molar-refractivity contribution in [1.29, 1.82) is 0 Å². The number of fused-ring (bicyclic) bond motifs is 1. The summed E-state index contributed by atoms with van der Waals surface area (Å²) in [7, 11) is 0. The summed E-state index contributed by atoms with van der Waals surface area (Å²) in [6.07, 6.45) is 1.80. The third kappa shape index (κ3) is 2.80. The van der Waals surface area contributed by atoms with E-state index < -0.39 is 11.4 Å². The van der Waals surface area contributed by atoms with Crippen LogP contribution < -0.4 is 11.4 Å². The summed E-state index contributed by atoms with van der Waals surface area (Å²) < 4.78 is 2.66. The van der Waals surface area contributed by atoms with Crippen molar-refractivity contribution in [3.8, 4) is 27.9 Å². The third-order valence-corrected chi connectivity index (χ3v) is 4.99. The molecule has 0 saturated heterocycles. The fourth-order valence-electron chi connectivity index (χ4n) is 3.67. The smallest absolute Gasteiger partial charge is 0.292 e. The number of hydrogen-bond donors (Lipinski definition) is 1. The van der Waals surface area contributed by atoms with Crippen LogP contribution in [0.25, 0.3) is 33.6 Å². The van der Waals surface area contributed by atoms with Crippen molar-refractivity contribution in [2.75, 3.05) is 0 Å². The number of aromatic amines is 1. The molecule has 29 heavy (non-hydrogen) atoms. The van der Waals surface area contributed by atoms with Crippen LogP contribution in [0.15, 0.2) is 107 Å². The molecule has 3 aromatic carbocycles. The van der Waals surface area contributed by atoms with E-state index in [1.165, 1.54) is 4.40 Å². The van der Waals surface area contributed by atoms with E-state index in [0.717, 1.165) is 26.8 Å². The van der Waals surface area contributed by atoms with Crippen molar-refractivity contribution in [3.05, 3.63) is 118 Å². The van der Waals surface area contributed by atoms with Gasteiger partial charge in [0.2, 0.25) is 0 Å². The van der Waals surface area contributed by atoms with Gasteiger partial charge in [-0.3, -0.25) is 9.38 Å². The highest BCUT2D eigenvalue weighted by atomic mass is 16.2. The number of nitrogens with one attached hydrogen (secondary N) is 1. The monoisotopic (exact) mass is 379 g/mol. The lowest BCUT2D eigenvalue weighted by molar-refractivity contribution is 0.801. The van der Waals surface area contributed by atoms with E-state index in [0.29, 0.717) is 11.3 Å². The summed E-state index contributed by atoms with van der Waals surface area (Å²) in [6.45, 7) is 0. The van der Waals surface area contributed by atoms with Crippen molar-refractivity contribution in [2.24, 2.45) is 0 Å². The summed E-state index contributed by atoms with van der Waals surface area (Å²) in [5.74, 6) is 0. The molecule has 5 heteroatoms. The number of benzene rings is 3. The molecule has 0 amide bonds. The summed E-state index contributed by atoms with van der Waals surface area (Å²) >= 11 is 0. The highest BCUT2D eigenvalue weighted by Crippen LogP contribution is 2.35. The lowest BCUT2D eigenvalue weighted by Gasteiger charge is -2.07. The molecular formula is C24H17N3O2. The normalized spacial score (nSPS) is 11.0. The van der Waals surface area contributed by atoms with Gasteiger partial charge in [-0.2, -0.15) is 0 Å². The Morgan fingerprint density at radius 2 is 1.21 bits per heavy atom. The van der Waals surface area contributed by atoms with Crippen molar-refractivity contribution >= 4 is 5.65 Å². The first-order chi connectivity index (χ1) is 14.2. The lowest BCUT2D eigenvalue weighted by Crippen LogP contribution is -2.37. The second-order valence-electron chi connectivity index (χ2n) is 6.75. The van der Waals surface area contributed by atoms with Crippen LogP contribution in [0.3, 0.4) is 0 Å². The van der Waals surface area contributed by atoms with Crippen LogP contribution in [0, 0.1) is 0 Å². The molecule has 0 aliphatic heterocycles. The fourth-order valence-corrected chi connectivity index (χ4v) is 3.67. The minimum absolute atomic E-state index is 0.408. The van der Waals surface area contributed by atoms with Gasteiger partial charge in [0.05, 0.1) is 5.69 Å². The maximum Gasteiger partial charge on any atom is 0.342 e. The zero-order valence-corrected chi connectivity index (χ0v) is 15.4. The predicted octanol–water partition coefficient (Wildman–Crippen LogP) is 4.11. The molecule has 0 unspecified atom stereocenters. The SMILES string of the molecule is O=c1[nH]c2c(-c3ccccc3)c(-c3ccccc3)cn2c(=O)n1-c1ccccc1. The summed E-state index contributed by atoms with van der Waals surface area (Å²) in [5, 5.41) is 0. The van der Waals surface area contributed by atoms with E-state index in [4.69, 9.17) is 0 Å². The third-order valence-electron chi connectivity index (χ3n) is 4.99. The second kappa shape index (κ2) is 6.80. The Kier molecular flexibility index (Phi) is 3.99. The Labute approximate surface area is 166 Å². The lowest BCUT2D eigenvalue weighted by atomic mass is 9.99. The van der Waals surface area contributed by atoms with E-state index in [1.807, 2.05) is 66.7 Å². The van der Waals surface area contributed by atoms with Gasteiger partial charge in [0.1, 0.15) is 5.65 Å². The first-order valence-electron chi connectivity index (χ1n) is 9.31. The van der Waals surface area contributed by atoms with Crippen LogP contribution in [-0.4, -0.2) is 14.0 Å². The first kappa shape index (κ1) is 17.0. The van der Waals surface area contributed by atoms with Crippen molar-refractivity contribution in [2.45, 2.75) is 0 Å². The molecule has 5 rings (SSSR count). The van der Waals surface area contributed by atoms with E-state index in [1.54, 1.807) is 30.5 Å². The second-order valence-corrected chi connectivity index (χ2v) is 6.75. The highest BCUT2D eigenvalue weighted by molar-refractivity contribution is 5.92. The largest absolute Gasteiger partial charge is 0.342 e. The van der Waals surface area contributed by atoms with E-state index in [9.17, 15) is 9.59 Å². The Balaban J connectivity index is 1.90. The van der Waals surface area contributed by atoms with Gasteiger partial charge < -0.3 is 0 Å². The molecule has 0 atom stereocenters. The zero-order chi connectivity index (χ0) is 19.8. The molecule has 2 heterocycles. The number of nitrogens with zero attached hydrogens (tertiary/aromatic N) is 2. The number of rotatable bonds is 3. The Hall–Kier alpha value is -4.12. The Morgan fingerprint density at radius 1 is 0.655 bits per heavy atom. The van der Waals surface area contributed by atoms with Gasteiger partial charge in [0.25, 0.3) is 0 Å². The highest BCUT2D eigenvalue weighted by Gasteiger charge is 2.19. The maximum absolute atomic E-state index is 13.3. The fraction of sp³-hybridized carbons (Fsp3) is 0. The van der Waals surface area contributed by atoms with E-state index >= 15 is 0 Å². The van der Waals surface area contributed by atoms with Crippen LogP contribution in [0.4, 0.5) is 0 Å². The van der Waals surface area contributed by atoms with Crippen molar-refractivity contribution in [3.63, 3.8) is 0 Å². The van der Waals surface area contributed by atoms with E-state index in [2.05, 4.69) is 4.98 Å². The Bertz CT molecular complexity index is 1410. The average molecular weight is 379 g/mol. The van der Waals surface area contributed by atoms with Crippen LogP contribution in [0.2, 0.25) is 0 Å².